The summed E-state index contributed by atoms with van der Waals surface area (Å²) in [6.45, 7) is 7.65. The average molecular weight is 1110 g/mol. The first kappa shape index (κ1) is 74.1. The lowest BCUT2D eigenvalue weighted by atomic mass is 10.0. The molecule has 0 aliphatic carbocycles. The number of nitrogens with zero attached hydrogens (tertiary/aromatic N) is 2. The van der Waals surface area contributed by atoms with Gasteiger partial charge in [0.2, 0.25) is 11.8 Å². The van der Waals surface area contributed by atoms with Crippen LogP contribution in [0.4, 0.5) is 0 Å². The van der Waals surface area contributed by atoms with Crippen molar-refractivity contribution in [3.05, 3.63) is 24.3 Å². The minimum Gasteiger partial charge on any atom is -0.849 e. The second kappa shape index (κ2) is 49.0. The summed E-state index contributed by atoms with van der Waals surface area (Å²) in [4.78, 5) is 73.7. The monoisotopic (exact) mass is 1110 g/mol. The quantitative estimate of drug-likeness (QED) is 0.0192. The molecule has 454 valence electrons. The van der Waals surface area contributed by atoms with Crippen LogP contribution in [0.2, 0.25) is 0 Å². The molecule has 0 aromatic heterocycles. The molecule has 0 saturated heterocycles. The zero-order valence-corrected chi connectivity index (χ0v) is 50.7. The summed E-state index contributed by atoms with van der Waals surface area (Å²) in [5, 5.41) is 32.2. The highest BCUT2D eigenvalue weighted by Crippen LogP contribution is 2.17. The van der Waals surface area contributed by atoms with Crippen molar-refractivity contribution in [1.29, 1.82) is 0 Å². The Balaban J connectivity index is 3.97. The fraction of sp³-hybridized carbons (Fsp3) is 0.839. The summed E-state index contributed by atoms with van der Waals surface area (Å²) < 4.78 is 23.2. The minimum atomic E-state index is -1.02. The maximum absolute atomic E-state index is 13.0. The summed E-state index contributed by atoms with van der Waals surface area (Å²) in [6, 6.07) is 0. The zero-order chi connectivity index (χ0) is 58.1. The van der Waals surface area contributed by atoms with Crippen molar-refractivity contribution < 1.29 is 66.9 Å². The Hall–Kier alpha value is -3.86. The molecule has 78 heavy (non-hydrogen) atoms. The van der Waals surface area contributed by atoms with E-state index >= 15 is 0 Å². The van der Waals surface area contributed by atoms with Crippen LogP contribution < -0.4 is 20.8 Å². The van der Waals surface area contributed by atoms with Crippen molar-refractivity contribution in [2.24, 2.45) is 0 Å². The first-order valence-electron chi connectivity index (χ1n) is 30.7. The highest BCUT2D eigenvalue weighted by Gasteiger charge is 2.20. The second-order valence-corrected chi connectivity index (χ2v) is 23.4. The highest BCUT2D eigenvalue weighted by molar-refractivity contribution is 5.76. The Kier molecular flexibility index (Phi) is 46.6. The van der Waals surface area contributed by atoms with E-state index in [0.717, 1.165) is 141 Å². The van der Waals surface area contributed by atoms with Crippen LogP contribution in [0.15, 0.2) is 24.3 Å². The Morgan fingerprint density at radius 3 is 1.13 bits per heavy atom. The molecule has 16 nitrogen and oxygen atoms in total. The van der Waals surface area contributed by atoms with Crippen LogP contribution in [0, 0.1) is 0 Å². The second-order valence-electron chi connectivity index (χ2n) is 23.4. The fourth-order valence-electron chi connectivity index (χ4n) is 8.45. The lowest BCUT2D eigenvalue weighted by Crippen LogP contribution is -2.40. The number of hydrogen-bond acceptors (Lipinski definition) is 12. The summed E-state index contributed by atoms with van der Waals surface area (Å²) in [7, 11) is 12.2. The van der Waals surface area contributed by atoms with Crippen molar-refractivity contribution >= 4 is 35.7 Å². The van der Waals surface area contributed by atoms with Gasteiger partial charge >= 0.3 is 23.9 Å². The van der Waals surface area contributed by atoms with Crippen LogP contribution in [0.1, 0.15) is 232 Å². The number of allylic oxidation sites excluding steroid dienone is 2. The van der Waals surface area contributed by atoms with Crippen LogP contribution in [0.3, 0.4) is 0 Å². The molecule has 4 unspecified atom stereocenters. The summed E-state index contributed by atoms with van der Waals surface area (Å²) in [5.74, 6) is -1.31. The molecule has 0 saturated carbocycles. The lowest BCUT2D eigenvalue weighted by Gasteiger charge is -2.31. The van der Waals surface area contributed by atoms with Crippen molar-refractivity contribution in [3.8, 4) is 0 Å². The van der Waals surface area contributed by atoms with Crippen molar-refractivity contribution in [2.75, 3.05) is 81.7 Å². The summed E-state index contributed by atoms with van der Waals surface area (Å²) in [6.07, 6.45) is 29.8. The van der Waals surface area contributed by atoms with Crippen molar-refractivity contribution in [2.45, 2.75) is 257 Å². The van der Waals surface area contributed by atoms with Crippen LogP contribution >= 0.6 is 0 Å². The van der Waals surface area contributed by atoms with Gasteiger partial charge in [-0.3, -0.25) is 28.8 Å². The molecule has 2 amide bonds. The van der Waals surface area contributed by atoms with E-state index in [4.69, 9.17) is 18.9 Å². The number of unbranched alkanes of at least 4 members (excludes halogenated alkanes) is 17. The van der Waals surface area contributed by atoms with Gasteiger partial charge in [0, 0.05) is 51.6 Å². The van der Waals surface area contributed by atoms with E-state index in [9.17, 15) is 39.0 Å². The third-order valence-corrected chi connectivity index (χ3v) is 13.5. The number of likely N-dealkylation sites (N-methyl/N-ethyl adjacent to an activating group) is 2. The number of hydrogen-bond donors (Lipinski definition) is 2. The smallest absolute Gasteiger partial charge is 0.306 e. The van der Waals surface area contributed by atoms with E-state index in [2.05, 4.69) is 24.5 Å². The third kappa shape index (κ3) is 50.4. The molecule has 0 aliphatic rings. The van der Waals surface area contributed by atoms with Gasteiger partial charge in [-0.25, -0.2) is 0 Å². The van der Waals surface area contributed by atoms with Gasteiger partial charge in [0.15, 0.2) is 0 Å². The van der Waals surface area contributed by atoms with Gasteiger partial charge in [0.1, 0.15) is 26.3 Å². The molecular weight excluding hydrogens is 993 g/mol. The SMILES string of the molecule is CCCCCC(OC(=O)CCCC(=O)OCC[N+](C)(C)C)C([O-])C/C=C/CCCCCCCC(=O)NCCCCCCNC(=O)CCCCCCC/C=C/CC([O-])C(CCCCC)OC(=O)CCCC(=O)OCC[N+](C)(C)C. The van der Waals surface area contributed by atoms with Gasteiger partial charge in [-0.2, -0.15) is 0 Å². The van der Waals surface area contributed by atoms with Crippen molar-refractivity contribution in [1.82, 2.24) is 10.6 Å². The largest absolute Gasteiger partial charge is 0.849 e. The summed E-state index contributed by atoms with van der Waals surface area (Å²) in [5.41, 5.74) is 0. The van der Waals surface area contributed by atoms with Gasteiger partial charge in [-0.05, 0) is 103 Å². The topological polar surface area (TPSA) is 210 Å². The Morgan fingerprint density at radius 2 is 0.756 bits per heavy atom. The standard InChI is InChI=1S/C62H114N4O12/c1-9-11-27-39-55(77-61(73)45-35-43-59(71)75-51-49-65(3,4)5)53(67)37-29-21-17-13-15-19-23-31-41-57(69)63-47-33-25-26-34-48-64-58(70)42-32-24-20-16-14-18-22-30-38-54(68)56(40-28-12-10-2)78-62(74)46-36-44-60(72)76-52-50-66(6,7)8/h21-22,29-30,53-56H,9-20,23-28,31-52H2,1-8H3,(H,63,69)(H,64,70)/b29-21+,30-22+. The Labute approximate surface area is 474 Å². The fourth-order valence-corrected chi connectivity index (χ4v) is 8.45. The molecule has 2 N–H and O–H groups in total. The van der Waals surface area contributed by atoms with Gasteiger partial charge in [-0.15, -0.1) is 0 Å². The van der Waals surface area contributed by atoms with E-state index in [1.165, 1.54) is 0 Å². The molecule has 16 heteroatoms. The number of quaternary nitrogens is 2. The van der Waals surface area contributed by atoms with Gasteiger partial charge in [-0.1, -0.05) is 127 Å². The third-order valence-electron chi connectivity index (χ3n) is 13.5. The van der Waals surface area contributed by atoms with Gasteiger partial charge < -0.3 is 48.8 Å². The van der Waals surface area contributed by atoms with E-state index in [0.29, 0.717) is 99.7 Å². The van der Waals surface area contributed by atoms with E-state index in [1.54, 1.807) is 0 Å². The normalized spacial score (nSPS) is 13.5. The first-order valence-corrected chi connectivity index (χ1v) is 30.7. The predicted molar refractivity (Wildman–Crippen MR) is 308 cm³/mol. The molecule has 0 bridgehead atoms. The van der Waals surface area contributed by atoms with E-state index < -0.39 is 36.4 Å². The van der Waals surface area contributed by atoms with Gasteiger partial charge in [0.05, 0.1) is 54.5 Å². The summed E-state index contributed by atoms with van der Waals surface area (Å²) >= 11 is 0. The first-order chi connectivity index (χ1) is 37.3. The van der Waals surface area contributed by atoms with E-state index in [-0.39, 0.29) is 49.4 Å². The highest BCUT2D eigenvalue weighted by atomic mass is 16.6. The van der Waals surface area contributed by atoms with Crippen LogP contribution in [0.25, 0.3) is 0 Å². The van der Waals surface area contributed by atoms with Gasteiger partial charge in [0.25, 0.3) is 0 Å². The number of ether oxygens (including phenoxy) is 4. The minimum absolute atomic E-state index is 0.0884. The number of carbonyl (C=O) groups is 6. The average Bonchev–Trinajstić information content (AvgIpc) is 3.36. The Bertz CT molecular complexity index is 1490. The molecule has 0 aromatic carbocycles. The molecule has 0 aliphatic heterocycles. The number of carbonyl (C=O) groups excluding carboxylic acids is 6. The predicted octanol–water partition coefficient (Wildman–Crippen LogP) is 9.41. The zero-order valence-electron chi connectivity index (χ0n) is 50.7. The maximum atomic E-state index is 13.0. The molecule has 0 radical (unpaired) electrons. The molecule has 0 fully saturated rings. The van der Waals surface area contributed by atoms with Crippen molar-refractivity contribution in [3.63, 3.8) is 0 Å². The molecule has 0 heterocycles. The molecular formula is C62H114N4O12. The number of amides is 2. The molecule has 0 rings (SSSR count). The van der Waals surface area contributed by atoms with Crippen LogP contribution in [0.5, 0.6) is 0 Å². The lowest BCUT2D eigenvalue weighted by molar-refractivity contribution is -0.870. The Morgan fingerprint density at radius 1 is 0.410 bits per heavy atom. The van der Waals surface area contributed by atoms with Crippen LogP contribution in [-0.4, -0.2) is 151 Å². The number of nitrogens with one attached hydrogen (secondary N) is 2. The number of rotatable bonds is 53. The molecule has 0 spiro atoms. The maximum Gasteiger partial charge on any atom is 0.306 e. The molecule has 4 atom stereocenters. The molecule has 0 aromatic rings. The van der Waals surface area contributed by atoms with Crippen LogP contribution in [-0.2, 0) is 47.7 Å². The number of esters is 4. The van der Waals surface area contributed by atoms with E-state index in [1.807, 2.05) is 66.6 Å².